The zero-order chi connectivity index (χ0) is 11.4. The van der Waals surface area contributed by atoms with Gasteiger partial charge in [-0.15, -0.1) is 0 Å². The number of nitrogens with one attached hydrogen (secondary N) is 1. The lowest BCUT2D eigenvalue weighted by molar-refractivity contribution is 0.180. The van der Waals surface area contributed by atoms with Crippen LogP contribution in [-0.2, 0) is 4.74 Å². The molecule has 0 fully saturated rings. The Bertz CT molecular complexity index is 356. The van der Waals surface area contributed by atoms with E-state index in [1.807, 2.05) is 0 Å². The number of hydrogen-bond acceptors (Lipinski definition) is 3. The second kappa shape index (κ2) is 5.42. The first-order chi connectivity index (χ1) is 7.07. The molecule has 0 amide bonds. The van der Waals surface area contributed by atoms with Crippen LogP contribution in [0.5, 0.6) is 0 Å². The van der Waals surface area contributed by atoms with Crippen molar-refractivity contribution in [3.8, 4) is 0 Å². The molecule has 1 N–H and O–H groups in total. The molecule has 86 valence electrons. The average Bonchev–Trinajstić information content (AvgIpc) is 2.56. The van der Waals surface area contributed by atoms with E-state index in [1.165, 1.54) is 0 Å². The van der Waals surface area contributed by atoms with Crippen molar-refractivity contribution in [2.24, 2.45) is 0 Å². The van der Waals surface area contributed by atoms with Crippen molar-refractivity contribution < 1.29 is 4.74 Å². The molecular weight excluding hydrogens is 210 g/mol. The fourth-order valence-corrected chi connectivity index (χ4v) is 1.89. The third-order valence-corrected chi connectivity index (χ3v) is 2.72. The number of aromatic amines is 1. The van der Waals surface area contributed by atoms with E-state index in [2.05, 4.69) is 35.5 Å². The minimum Gasteiger partial charge on any atom is -0.385 e. The van der Waals surface area contributed by atoms with Crippen molar-refractivity contribution in [1.29, 1.82) is 0 Å². The van der Waals surface area contributed by atoms with Gasteiger partial charge >= 0.3 is 0 Å². The molecule has 0 saturated heterocycles. The maximum atomic E-state index is 5.22. The van der Waals surface area contributed by atoms with E-state index >= 15 is 0 Å². The highest BCUT2D eigenvalue weighted by Crippen LogP contribution is 2.19. The fraction of sp³-hybridized carbons (Fsp3) is 0.800. The summed E-state index contributed by atoms with van der Waals surface area (Å²) in [6, 6.07) is 0.327. The van der Waals surface area contributed by atoms with Gasteiger partial charge in [-0.1, -0.05) is 13.8 Å². The van der Waals surface area contributed by atoms with Gasteiger partial charge in [0.15, 0.2) is 4.77 Å². The standard InChI is InChI=1S/C10H19N3OS/c1-7(2)9-11-12-10(15)13(9)8(3)5-6-14-4/h7-8H,5-6H2,1-4H3,(H,12,15). The Hall–Kier alpha value is -0.680. The van der Waals surface area contributed by atoms with Crippen molar-refractivity contribution in [2.45, 2.75) is 39.2 Å². The monoisotopic (exact) mass is 229 g/mol. The SMILES string of the molecule is COCCC(C)n1c(C(C)C)n[nH]c1=S. The Kier molecular flexibility index (Phi) is 4.47. The molecule has 5 heteroatoms. The van der Waals surface area contributed by atoms with Crippen LogP contribution in [0.2, 0.25) is 0 Å². The molecule has 1 atom stereocenters. The molecule has 0 aliphatic heterocycles. The molecule has 0 radical (unpaired) electrons. The molecule has 0 aliphatic rings. The van der Waals surface area contributed by atoms with Gasteiger partial charge in [-0.05, 0) is 25.6 Å². The topological polar surface area (TPSA) is 42.8 Å². The number of rotatable bonds is 5. The summed E-state index contributed by atoms with van der Waals surface area (Å²) in [6.07, 6.45) is 0.948. The highest BCUT2D eigenvalue weighted by Gasteiger charge is 2.14. The number of nitrogens with zero attached hydrogens (tertiary/aromatic N) is 2. The van der Waals surface area contributed by atoms with Gasteiger partial charge in [0.05, 0.1) is 0 Å². The van der Waals surface area contributed by atoms with Crippen molar-refractivity contribution in [3.63, 3.8) is 0 Å². The summed E-state index contributed by atoms with van der Waals surface area (Å²) in [4.78, 5) is 0. The van der Waals surface area contributed by atoms with Crippen molar-refractivity contribution in [2.75, 3.05) is 13.7 Å². The van der Waals surface area contributed by atoms with E-state index in [1.54, 1.807) is 7.11 Å². The molecule has 1 aromatic rings. The zero-order valence-corrected chi connectivity index (χ0v) is 10.6. The van der Waals surface area contributed by atoms with Gasteiger partial charge in [0, 0.05) is 25.7 Å². The van der Waals surface area contributed by atoms with Gasteiger partial charge in [0.25, 0.3) is 0 Å². The Morgan fingerprint density at radius 3 is 2.67 bits per heavy atom. The summed E-state index contributed by atoms with van der Waals surface area (Å²) < 4.78 is 7.85. The molecule has 1 rings (SSSR count). The molecular formula is C10H19N3OS. The molecule has 15 heavy (non-hydrogen) atoms. The van der Waals surface area contributed by atoms with Crippen LogP contribution in [0.25, 0.3) is 0 Å². The van der Waals surface area contributed by atoms with E-state index in [9.17, 15) is 0 Å². The smallest absolute Gasteiger partial charge is 0.195 e. The summed E-state index contributed by atoms with van der Waals surface area (Å²) in [5.74, 6) is 1.39. The fourth-order valence-electron chi connectivity index (χ4n) is 1.57. The van der Waals surface area contributed by atoms with E-state index < -0.39 is 0 Å². The van der Waals surface area contributed by atoms with Crippen LogP contribution in [0.4, 0.5) is 0 Å². The summed E-state index contributed by atoms with van der Waals surface area (Å²) in [6.45, 7) is 7.11. The van der Waals surface area contributed by atoms with Crippen LogP contribution >= 0.6 is 12.2 Å². The van der Waals surface area contributed by atoms with Gasteiger partial charge < -0.3 is 9.30 Å². The quantitative estimate of drug-likeness (QED) is 0.789. The molecule has 1 unspecified atom stereocenters. The largest absolute Gasteiger partial charge is 0.385 e. The number of methoxy groups -OCH3 is 1. The van der Waals surface area contributed by atoms with Crippen LogP contribution in [0.3, 0.4) is 0 Å². The molecule has 4 nitrogen and oxygen atoms in total. The third kappa shape index (κ3) is 2.89. The number of H-pyrrole nitrogens is 1. The Labute approximate surface area is 95.7 Å². The Morgan fingerprint density at radius 1 is 1.47 bits per heavy atom. The summed E-state index contributed by atoms with van der Waals surface area (Å²) in [5, 5.41) is 7.10. The van der Waals surface area contributed by atoms with Crippen LogP contribution in [0.1, 0.15) is 45.0 Å². The normalized spacial score (nSPS) is 13.4. The molecule has 0 bridgehead atoms. The number of hydrogen-bond donors (Lipinski definition) is 1. The molecule has 0 aromatic carbocycles. The Morgan fingerprint density at radius 2 is 2.13 bits per heavy atom. The van der Waals surface area contributed by atoms with Gasteiger partial charge in [0.1, 0.15) is 5.82 Å². The zero-order valence-electron chi connectivity index (χ0n) is 9.78. The van der Waals surface area contributed by atoms with Crippen LogP contribution in [0.15, 0.2) is 0 Å². The van der Waals surface area contributed by atoms with Crippen molar-refractivity contribution in [3.05, 3.63) is 10.6 Å². The molecule has 0 saturated carbocycles. The van der Waals surface area contributed by atoms with E-state index in [0.717, 1.165) is 18.9 Å². The molecule has 1 heterocycles. The lowest BCUT2D eigenvalue weighted by atomic mass is 10.2. The molecule has 0 aliphatic carbocycles. The van der Waals surface area contributed by atoms with Crippen LogP contribution in [-0.4, -0.2) is 28.5 Å². The third-order valence-electron chi connectivity index (χ3n) is 2.43. The minimum atomic E-state index is 0.327. The summed E-state index contributed by atoms with van der Waals surface area (Å²) in [7, 11) is 1.71. The first-order valence-electron chi connectivity index (χ1n) is 5.23. The second-order valence-corrected chi connectivity index (χ2v) is 4.43. The van der Waals surface area contributed by atoms with Gasteiger partial charge in [-0.25, -0.2) is 0 Å². The van der Waals surface area contributed by atoms with E-state index in [4.69, 9.17) is 17.0 Å². The van der Waals surface area contributed by atoms with E-state index in [0.29, 0.717) is 16.7 Å². The summed E-state index contributed by atoms with van der Waals surface area (Å²) >= 11 is 5.22. The lowest BCUT2D eigenvalue weighted by Crippen LogP contribution is -2.12. The highest BCUT2D eigenvalue weighted by molar-refractivity contribution is 7.71. The van der Waals surface area contributed by atoms with Crippen molar-refractivity contribution >= 4 is 12.2 Å². The van der Waals surface area contributed by atoms with Gasteiger partial charge in [0.2, 0.25) is 0 Å². The predicted octanol–water partition coefficient (Wildman–Crippen LogP) is 2.66. The maximum Gasteiger partial charge on any atom is 0.195 e. The van der Waals surface area contributed by atoms with Crippen molar-refractivity contribution in [1.82, 2.24) is 14.8 Å². The maximum absolute atomic E-state index is 5.22. The molecule has 0 spiro atoms. The minimum absolute atomic E-state index is 0.327. The summed E-state index contributed by atoms with van der Waals surface area (Å²) in [5.41, 5.74) is 0. The first kappa shape index (κ1) is 12.4. The predicted molar refractivity (Wildman–Crippen MR) is 62.7 cm³/mol. The molecule has 1 aromatic heterocycles. The Balaban J connectivity index is 2.91. The second-order valence-electron chi connectivity index (χ2n) is 4.04. The lowest BCUT2D eigenvalue weighted by Gasteiger charge is -2.16. The number of aromatic nitrogens is 3. The average molecular weight is 229 g/mol. The van der Waals surface area contributed by atoms with Crippen LogP contribution < -0.4 is 0 Å². The van der Waals surface area contributed by atoms with Gasteiger partial charge in [-0.2, -0.15) is 5.10 Å². The van der Waals surface area contributed by atoms with Gasteiger partial charge in [-0.3, -0.25) is 5.10 Å². The van der Waals surface area contributed by atoms with E-state index in [-0.39, 0.29) is 0 Å². The first-order valence-corrected chi connectivity index (χ1v) is 5.64. The highest BCUT2D eigenvalue weighted by atomic mass is 32.1. The number of ether oxygens (including phenoxy) is 1. The van der Waals surface area contributed by atoms with Crippen LogP contribution in [0, 0.1) is 4.77 Å².